The Kier molecular flexibility index (Phi) is 3.47. The summed E-state index contributed by atoms with van der Waals surface area (Å²) in [5.74, 6) is -1.22. The zero-order valence-corrected chi connectivity index (χ0v) is 10.8. The van der Waals surface area contributed by atoms with Gasteiger partial charge in [-0.25, -0.2) is 9.48 Å². The van der Waals surface area contributed by atoms with E-state index in [4.69, 9.17) is 16.7 Å². The molecule has 20 heavy (non-hydrogen) atoms. The Bertz CT molecular complexity index is 680. The number of benzene rings is 1. The van der Waals surface area contributed by atoms with Crippen LogP contribution in [0.4, 0.5) is 13.2 Å². The van der Waals surface area contributed by atoms with Crippen LogP contribution < -0.4 is 0 Å². The lowest BCUT2D eigenvalue weighted by molar-refractivity contribution is -0.137. The Morgan fingerprint density at radius 3 is 2.50 bits per heavy atom. The van der Waals surface area contributed by atoms with Gasteiger partial charge in [0.25, 0.3) is 0 Å². The molecule has 8 heteroatoms. The van der Waals surface area contributed by atoms with Gasteiger partial charge in [0, 0.05) is 11.8 Å². The second-order valence-corrected chi connectivity index (χ2v) is 4.48. The summed E-state index contributed by atoms with van der Waals surface area (Å²) in [6, 6.07) is 2.77. The number of rotatable bonds is 2. The zero-order valence-electron chi connectivity index (χ0n) is 10.1. The third kappa shape index (κ3) is 2.62. The molecule has 0 aliphatic carbocycles. The normalized spacial score (nSPS) is 11.7. The molecule has 0 atom stereocenters. The number of carbonyl (C=O) groups is 1. The first-order valence-corrected chi connectivity index (χ1v) is 5.74. The average molecular weight is 305 g/mol. The molecule has 1 aromatic carbocycles. The number of carboxylic acid groups (broad SMARTS) is 1. The molecule has 0 saturated carbocycles. The molecule has 0 amide bonds. The molecule has 2 rings (SSSR count). The number of aromatic carboxylic acids is 1. The number of nitrogens with zero attached hydrogens (tertiary/aromatic N) is 2. The van der Waals surface area contributed by atoms with Gasteiger partial charge in [0.1, 0.15) is 0 Å². The Balaban J connectivity index is 2.49. The van der Waals surface area contributed by atoms with E-state index in [-0.39, 0.29) is 16.4 Å². The van der Waals surface area contributed by atoms with E-state index in [0.29, 0.717) is 5.56 Å². The van der Waals surface area contributed by atoms with Crippen molar-refractivity contribution >= 4 is 17.6 Å². The van der Waals surface area contributed by atoms with Crippen molar-refractivity contribution in [2.24, 2.45) is 0 Å². The van der Waals surface area contributed by atoms with Crippen molar-refractivity contribution in [1.29, 1.82) is 0 Å². The molecule has 0 bridgehead atoms. The van der Waals surface area contributed by atoms with E-state index in [1.54, 1.807) is 0 Å². The molecule has 1 aromatic heterocycles. The number of hydrogen-bond donors (Lipinski definition) is 1. The van der Waals surface area contributed by atoms with Crippen LogP contribution in [0.3, 0.4) is 0 Å². The van der Waals surface area contributed by atoms with Crippen LogP contribution in [0.5, 0.6) is 0 Å². The SMILES string of the molecule is Cc1cn(-c2ccc(C(F)(F)F)cc2Cl)nc1C(=O)O. The zero-order chi connectivity index (χ0) is 15.1. The van der Waals surface area contributed by atoms with E-state index < -0.39 is 17.7 Å². The molecule has 0 aliphatic heterocycles. The number of hydrogen-bond acceptors (Lipinski definition) is 2. The lowest BCUT2D eigenvalue weighted by atomic mass is 10.2. The van der Waals surface area contributed by atoms with Gasteiger partial charge in [-0.2, -0.15) is 18.3 Å². The summed E-state index contributed by atoms with van der Waals surface area (Å²) in [5.41, 5.74) is -0.502. The summed E-state index contributed by atoms with van der Waals surface area (Å²) < 4.78 is 38.7. The lowest BCUT2D eigenvalue weighted by Gasteiger charge is -2.09. The molecular weight excluding hydrogens is 297 g/mol. The van der Waals surface area contributed by atoms with Crippen molar-refractivity contribution in [2.45, 2.75) is 13.1 Å². The van der Waals surface area contributed by atoms with E-state index in [0.717, 1.165) is 22.9 Å². The molecule has 0 saturated heterocycles. The molecule has 0 unspecified atom stereocenters. The van der Waals surface area contributed by atoms with Gasteiger partial charge in [-0.3, -0.25) is 0 Å². The number of alkyl halides is 3. The van der Waals surface area contributed by atoms with Gasteiger partial charge in [0.15, 0.2) is 5.69 Å². The summed E-state index contributed by atoms with van der Waals surface area (Å²) in [7, 11) is 0. The Morgan fingerprint density at radius 1 is 1.40 bits per heavy atom. The van der Waals surface area contributed by atoms with E-state index in [1.807, 2.05) is 0 Å². The van der Waals surface area contributed by atoms with E-state index in [1.165, 1.54) is 13.1 Å². The van der Waals surface area contributed by atoms with E-state index in [9.17, 15) is 18.0 Å². The molecule has 1 heterocycles. The van der Waals surface area contributed by atoms with Gasteiger partial charge in [0.2, 0.25) is 0 Å². The predicted octanol–water partition coefficient (Wildman–Crippen LogP) is 3.55. The number of aromatic nitrogens is 2. The van der Waals surface area contributed by atoms with Gasteiger partial charge < -0.3 is 5.11 Å². The van der Waals surface area contributed by atoms with Gasteiger partial charge in [-0.1, -0.05) is 11.6 Å². The molecule has 0 aliphatic rings. The monoisotopic (exact) mass is 304 g/mol. The van der Waals surface area contributed by atoms with E-state index >= 15 is 0 Å². The van der Waals surface area contributed by atoms with Crippen LogP contribution in [0.15, 0.2) is 24.4 Å². The fraction of sp³-hybridized carbons (Fsp3) is 0.167. The first-order valence-electron chi connectivity index (χ1n) is 5.37. The van der Waals surface area contributed by atoms with Crippen LogP contribution in [0.2, 0.25) is 5.02 Å². The first kappa shape index (κ1) is 14.4. The Morgan fingerprint density at radius 2 is 2.05 bits per heavy atom. The largest absolute Gasteiger partial charge is 0.476 e. The maximum Gasteiger partial charge on any atom is 0.416 e. The summed E-state index contributed by atoms with van der Waals surface area (Å²) in [6.07, 6.45) is -3.10. The number of carboxylic acids is 1. The molecule has 106 valence electrons. The lowest BCUT2D eigenvalue weighted by Crippen LogP contribution is -2.06. The molecule has 1 N–H and O–H groups in total. The van der Waals surface area contributed by atoms with Crippen molar-refractivity contribution < 1.29 is 23.1 Å². The number of aryl methyl sites for hydroxylation is 1. The second-order valence-electron chi connectivity index (χ2n) is 4.07. The molecule has 0 fully saturated rings. The van der Waals surface area contributed by atoms with Crippen molar-refractivity contribution in [3.63, 3.8) is 0 Å². The first-order chi connectivity index (χ1) is 9.20. The minimum atomic E-state index is -4.49. The quantitative estimate of drug-likeness (QED) is 0.923. The smallest absolute Gasteiger partial charge is 0.416 e. The maximum absolute atomic E-state index is 12.5. The van der Waals surface area contributed by atoms with Crippen LogP contribution in [0, 0.1) is 6.92 Å². The molecule has 0 spiro atoms. The van der Waals surface area contributed by atoms with Crippen molar-refractivity contribution in [3.8, 4) is 5.69 Å². The molecular formula is C12H8ClF3N2O2. The highest BCUT2D eigenvalue weighted by Crippen LogP contribution is 2.33. The van der Waals surface area contributed by atoms with Crippen LogP contribution in [-0.4, -0.2) is 20.9 Å². The van der Waals surface area contributed by atoms with Gasteiger partial charge in [-0.05, 0) is 25.1 Å². The minimum absolute atomic E-state index is 0.167. The minimum Gasteiger partial charge on any atom is -0.476 e. The molecule has 2 aromatic rings. The second kappa shape index (κ2) is 4.82. The highest BCUT2D eigenvalue weighted by atomic mass is 35.5. The van der Waals surface area contributed by atoms with Crippen LogP contribution in [-0.2, 0) is 6.18 Å². The van der Waals surface area contributed by atoms with Crippen molar-refractivity contribution in [2.75, 3.05) is 0 Å². The summed E-state index contributed by atoms with van der Waals surface area (Å²) in [5, 5.41) is 12.5. The van der Waals surface area contributed by atoms with Crippen molar-refractivity contribution in [1.82, 2.24) is 9.78 Å². The average Bonchev–Trinajstić information content (AvgIpc) is 2.69. The fourth-order valence-corrected chi connectivity index (χ4v) is 1.93. The fourth-order valence-electron chi connectivity index (χ4n) is 1.66. The van der Waals surface area contributed by atoms with Gasteiger partial charge >= 0.3 is 12.1 Å². The Labute approximate surface area is 116 Å². The molecule has 4 nitrogen and oxygen atoms in total. The molecule has 0 radical (unpaired) electrons. The summed E-state index contributed by atoms with van der Waals surface area (Å²) >= 11 is 5.80. The third-order valence-electron chi connectivity index (χ3n) is 2.62. The van der Waals surface area contributed by atoms with Crippen molar-refractivity contribution in [3.05, 3.63) is 46.2 Å². The Hall–Kier alpha value is -2.02. The standard InChI is InChI=1S/C12H8ClF3N2O2/c1-6-5-18(17-10(6)11(19)20)9-3-2-7(4-8(9)13)12(14,15)16/h2-5H,1H3,(H,19,20). The van der Waals surface area contributed by atoms with Crippen LogP contribution in [0.1, 0.15) is 21.6 Å². The highest BCUT2D eigenvalue weighted by molar-refractivity contribution is 6.32. The van der Waals surface area contributed by atoms with Gasteiger partial charge in [0.05, 0.1) is 16.3 Å². The van der Waals surface area contributed by atoms with E-state index in [2.05, 4.69) is 5.10 Å². The topological polar surface area (TPSA) is 55.1 Å². The number of halogens is 4. The van der Waals surface area contributed by atoms with Crippen LogP contribution in [0.25, 0.3) is 5.69 Å². The summed E-state index contributed by atoms with van der Waals surface area (Å²) in [4.78, 5) is 10.9. The summed E-state index contributed by atoms with van der Waals surface area (Å²) in [6.45, 7) is 1.53. The van der Waals surface area contributed by atoms with Crippen LogP contribution >= 0.6 is 11.6 Å². The third-order valence-corrected chi connectivity index (χ3v) is 2.92. The highest BCUT2D eigenvalue weighted by Gasteiger charge is 2.31. The van der Waals surface area contributed by atoms with Gasteiger partial charge in [-0.15, -0.1) is 0 Å². The predicted molar refractivity (Wildman–Crippen MR) is 65.3 cm³/mol. The maximum atomic E-state index is 12.5.